The Labute approximate surface area is 146 Å². The molecule has 0 aromatic heterocycles. The van der Waals surface area contributed by atoms with Crippen LogP contribution in [0.25, 0.3) is 0 Å². The molecule has 22 heavy (non-hydrogen) atoms. The van der Waals surface area contributed by atoms with Crippen molar-refractivity contribution >= 4 is 14.5 Å². The first-order chi connectivity index (χ1) is 10.8. The van der Waals surface area contributed by atoms with Crippen molar-refractivity contribution in [2.75, 3.05) is 6.61 Å². The summed E-state index contributed by atoms with van der Waals surface area (Å²) in [4.78, 5) is 0. The molecular formula is C20H43AlO. The molecule has 0 saturated carbocycles. The Hall–Kier alpha value is 0.492. The molecule has 0 aliphatic rings. The van der Waals surface area contributed by atoms with Gasteiger partial charge in [0.2, 0.25) is 0 Å². The molecule has 1 nitrogen and oxygen atoms in total. The second-order valence-corrected chi connectivity index (χ2v) is 9.69. The first-order valence-corrected chi connectivity index (χ1v) is 12.6. The summed E-state index contributed by atoms with van der Waals surface area (Å²) in [5.41, 5.74) is 0. The van der Waals surface area contributed by atoms with Gasteiger partial charge in [-0.2, -0.15) is 0 Å². The normalized spacial score (nSPS) is 11.0. The van der Waals surface area contributed by atoms with Crippen LogP contribution in [0.2, 0.25) is 10.6 Å². The maximum atomic E-state index is 6.35. The molecule has 2 heteroatoms. The van der Waals surface area contributed by atoms with Crippen LogP contribution >= 0.6 is 0 Å². The summed E-state index contributed by atoms with van der Waals surface area (Å²) in [6.07, 6.45) is 19.5. The summed E-state index contributed by atoms with van der Waals surface area (Å²) in [5.74, 6) is 0. The van der Waals surface area contributed by atoms with Crippen LogP contribution in [0.4, 0.5) is 0 Å². The van der Waals surface area contributed by atoms with Gasteiger partial charge in [-0.1, -0.05) is 115 Å². The van der Waals surface area contributed by atoms with Crippen molar-refractivity contribution in [3.8, 4) is 0 Å². The number of hydrogen-bond acceptors (Lipinski definition) is 1. The molecule has 0 rings (SSSR count). The lowest BCUT2D eigenvalue weighted by Gasteiger charge is -2.13. The zero-order valence-corrected chi connectivity index (χ0v) is 17.2. The summed E-state index contributed by atoms with van der Waals surface area (Å²) in [6, 6.07) is 0. The van der Waals surface area contributed by atoms with Gasteiger partial charge in [-0.05, 0) is 6.42 Å². The highest BCUT2D eigenvalue weighted by atomic mass is 27.2. The Morgan fingerprint density at radius 1 is 0.500 bits per heavy atom. The number of rotatable bonds is 18. The van der Waals surface area contributed by atoms with Gasteiger partial charge in [0.1, 0.15) is 0 Å². The molecule has 0 aromatic rings. The van der Waals surface area contributed by atoms with E-state index < -0.39 is 14.5 Å². The van der Waals surface area contributed by atoms with Gasteiger partial charge in [-0.25, -0.2) is 0 Å². The molecule has 0 bridgehead atoms. The topological polar surface area (TPSA) is 9.23 Å². The van der Waals surface area contributed by atoms with E-state index in [1.807, 2.05) is 0 Å². The molecule has 0 atom stereocenters. The van der Waals surface area contributed by atoms with Crippen molar-refractivity contribution < 1.29 is 3.79 Å². The van der Waals surface area contributed by atoms with Crippen molar-refractivity contribution in [3.05, 3.63) is 0 Å². The Bertz CT molecular complexity index is 184. The van der Waals surface area contributed by atoms with Crippen LogP contribution in [0.15, 0.2) is 0 Å². The first-order valence-electron chi connectivity index (χ1n) is 10.5. The third kappa shape index (κ3) is 16.9. The molecule has 0 radical (unpaired) electrons. The third-order valence-electron chi connectivity index (χ3n) is 4.61. The lowest BCUT2D eigenvalue weighted by Crippen LogP contribution is -2.18. The van der Waals surface area contributed by atoms with Crippen molar-refractivity contribution in [3.63, 3.8) is 0 Å². The van der Waals surface area contributed by atoms with Gasteiger partial charge in [-0.15, -0.1) is 0 Å². The summed E-state index contributed by atoms with van der Waals surface area (Å²) >= 11 is -0.884. The summed E-state index contributed by atoms with van der Waals surface area (Å²) < 4.78 is 6.35. The maximum absolute atomic E-state index is 6.35. The molecular weight excluding hydrogens is 283 g/mol. The molecule has 0 heterocycles. The van der Waals surface area contributed by atoms with Crippen LogP contribution in [-0.4, -0.2) is 21.1 Å². The summed E-state index contributed by atoms with van der Waals surface area (Å²) in [5, 5.41) is 2.86. The van der Waals surface area contributed by atoms with Gasteiger partial charge in [0, 0.05) is 6.61 Å². The third-order valence-corrected chi connectivity index (χ3v) is 7.42. The molecule has 0 spiro atoms. The van der Waals surface area contributed by atoms with Crippen LogP contribution < -0.4 is 0 Å². The number of unbranched alkanes of at least 4 members (excludes halogenated alkanes) is 11. The van der Waals surface area contributed by atoms with Gasteiger partial charge in [0.15, 0.2) is 0 Å². The largest absolute Gasteiger partial charge is 0.501 e. The SMILES string of the molecule is CCCCCCCC[O][Al]([CH2]CCCCC)[CH2]CCCCC. The van der Waals surface area contributed by atoms with E-state index in [-0.39, 0.29) is 0 Å². The average Bonchev–Trinajstić information content (AvgIpc) is 2.53. The Morgan fingerprint density at radius 3 is 1.41 bits per heavy atom. The molecule has 0 aromatic carbocycles. The zero-order valence-electron chi connectivity index (χ0n) is 16.0. The first kappa shape index (κ1) is 22.5. The molecule has 0 amide bonds. The van der Waals surface area contributed by atoms with E-state index in [2.05, 4.69) is 20.8 Å². The molecule has 0 aliphatic carbocycles. The second-order valence-electron chi connectivity index (χ2n) is 6.96. The van der Waals surface area contributed by atoms with E-state index in [1.54, 1.807) is 0 Å². The minimum absolute atomic E-state index is 0.884. The highest BCUT2D eigenvalue weighted by Crippen LogP contribution is 2.15. The fourth-order valence-corrected chi connectivity index (χ4v) is 5.65. The van der Waals surface area contributed by atoms with E-state index in [4.69, 9.17) is 3.79 Å². The lowest BCUT2D eigenvalue weighted by molar-refractivity contribution is 0.302. The highest BCUT2D eigenvalue weighted by Gasteiger charge is 2.19. The van der Waals surface area contributed by atoms with Crippen LogP contribution in [0.5, 0.6) is 0 Å². The molecule has 0 N–H and O–H groups in total. The van der Waals surface area contributed by atoms with Gasteiger partial charge in [0.05, 0.1) is 0 Å². The van der Waals surface area contributed by atoms with E-state index in [0.29, 0.717) is 0 Å². The van der Waals surface area contributed by atoms with Crippen molar-refractivity contribution in [2.45, 2.75) is 121 Å². The van der Waals surface area contributed by atoms with Crippen molar-refractivity contribution in [2.24, 2.45) is 0 Å². The van der Waals surface area contributed by atoms with Gasteiger partial charge < -0.3 is 3.79 Å². The highest BCUT2D eigenvalue weighted by molar-refractivity contribution is 6.51. The molecule has 0 saturated heterocycles. The van der Waals surface area contributed by atoms with Crippen LogP contribution in [-0.2, 0) is 3.79 Å². The fraction of sp³-hybridized carbons (Fsp3) is 1.00. The smallest absolute Gasteiger partial charge is 0.460 e. The molecule has 0 aliphatic heterocycles. The number of hydrogen-bond donors (Lipinski definition) is 0. The van der Waals surface area contributed by atoms with E-state index in [0.717, 1.165) is 6.61 Å². The van der Waals surface area contributed by atoms with Gasteiger partial charge >= 0.3 is 14.5 Å². The van der Waals surface area contributed by atoms with E-state index >= 15 is 0 Å². The van der Waals surface area contributed by atoms with Crippen molar-refractivity contribution in [1.82, 2.24) is 0 Å². The Balaban J connectivity index is 3.66. The Kier molecular flexibility index (Phi) is 20.0. The second kappa shape index (κ2) is 19.5. The predicted molar refractivity (Wildman–Crippen MR) is 103 cm³/mol. The van der Waals surface area contributed by atoms with E-state index in [9.17, 15) is 0 Å². The minimum Gasteiger partial charge on any atom is -0.501 e. The Morgan fingerprint density at radius 2 is 0.909 bits per heavy atom. The maximum Gasteiger partial charge on any atom is 0.460 e. The predicted octanol–water partition coefficient (Wildman–Crippen LogP) is 7.52. The molecule has 132 valence electrons. The van der Waals surface area contributed by atoms with Gasteiger partial charge in [-0.3, -0.25) is 0 Å². The van der Waals surface area contributed by atoms with Crippen LogP contribution in [0.3, 0.4) is 0 Å². The summed E-state index contributed by atoms with van der Waals surface area (Å²) in [6.45, 7) is 7.95. The minimum atomic E-state index is -0.884. The van der Waals surface area contributed by atoms with Crippen LogP contribution in [0.1, 0.15) is 111 Å². The average molecular weight is 327 g/mol. The lowest BCUT2D eigenvalue weighted by atomic mass is 10.1. The van der Waals surface area contributed by atoms with Gasteiger partial charge in [0.25, 0.3) is 0 Å². The summed E-state index contributed by atoms with van der Waals surface area (Å²) in [7, 11) is 0. The zero-order chi connectivity index (χ0) is 16.3. The molecule has 0 unspecified atom stereocenters. The van der Waals surface area contributed by atoms with E-state index in [1.165, 1.54) is 100 Å². The fourth-order valence-electron chi connectivity index (χ4n) is 3.04. The van der Waals surface area contributed by atoms with Crippen molar-refractivity contribution in [1.29, 1.82) is 0 Å². The monoisotopic (exact) mass is 326 g/mol. The van der Waals surface area contributed by atoms with Crippen LogP contribution in [0, 0.1) is 0 Å². The standard InChI is InChI=1S/C8H17O.2C6H13.Al/c1-2-3-4-5-6-7-8-9;2*1-3-5-6-4-2;/h2-8H2,1H3;2*1,3-6H2,2H3;/q-1;;;+1. The molecule has 0 fully saturated rings. The quantitative estimate of drug-likeness (QED) is 0.187.